The zero-order valence-electron chi connectivity index (χ0n) is 15.6. The molecule has 2 fully saturated rings. The Morgan fingerprint density at radius 3 is 2.50 bits per heavy atom. The molecule has 2 heterocycles. The number of nitrogens with one attached hydrogen (secondary N) is 1. The van der Waals surface area contributed by atoms with Crippen LogP contribution < -0.4 is 10.2 Å². The Bertz CT molecular complexity index is 825. The van der Waals surface area contributed by atoms with Gasteiger partial charge in [0.2, 0.25) is 5.91 Å². The van der Waals surface area contributed by atoms with E-state index in [4.69, 9.17) is 4.74 Å². The summed E-state index contributed by atoms with van der Waals surface area (Å²) in [7, 11) is -2.42. The van der Waals surface area contributed by atoms with Crippen LogP contribution in [0.3, 0.4) is 0 Å². The van der Waals surface area contributed by atoms with Crippen molar-refractivity contribution in [3.8, 4) is 0 Å². The van der Waals surface area contributed by atoms with Gasteiger partial charge >= 0.3 is 6.09 Å². The van der Waals surface area contributed by atoms with E-state index < -0.39 is 31.0 Å². The summed E-state index contributed by atoms with van der Waals surface area (Å²) in [6.45, 7) is 5.16. The number of carbonyl (C=O) groups excluding carboxylic acids is 2. The molecule has 1 aromatic rings. The fourth-order valence-electron chi connectivity index (χ4n) is 3.69. The highest BCUT2D eigenvalue weighted by Gasteiger charge is 2.35. The largest absolute Gasteiger partial charge is 0.442 e. The number of rotatable bonds is 5. The maximum Gasteiger partial charge on any atom is 0.414 e. The van der Waals surface area contributed by atoms with Crippen LogP contribution in [0.5, 0.6) is 0 Å². The van der Waals surface area contributed by atoms with E-state index >= 15 is 0 Å². The summed E-state index contributed by atoms with van der Waals surface area (Å²) in [5.41, 5.74) is 0.0445. The van der Waals surface area contributed by atoms with E-state index in [1.165, 1.54) is 12.7 Å². The van der Waals surface area contributed by atoms with Gasteiger partial charge in [0.05, 0.1) is 18.8 Å². The van der Waals surface area contributed by atoms with Crippen LogP contribution in [0.15, 0.2) is 24.5 Å². The van der Waals surface area contributed by atoms with Crippen molar-refractivity contribution in [2.75, 3.05) is 30.3 Å². The molecule has 28 heavy (non-hydrogen) atoms. The number of carbonyl (C=O) groups is 2. The zero-order chi connectivity index (χ0) is 20.5. The minimum atomic E-state index is -2.42. The molecule has 0 aromatic heterocycles. The summed E-state index contributed by atoms with van der Waals surface area (Å²) >= 11 is 0. The van der Waals surface area contributed by atoms with Gasteiger partial charge < -0.3 is 14.6 Å². The predicted octanol–water partition coefficient (Wildman–Crippen LogP) is 3.81. The Balaban J connectivity index is 1.75. The van der Waals surface area contributed by atoms with Crippen molar-refractivity contribution in [1.29, 1.82) is 0 Å². The van der Waals surface area contributed by atoms with Crippen LogP contribution in [0.25, 0.3) is 0 Å². The number of cyclic esters (lactones) is 1. The topological polar surface area (TPSA) is 75.7 Å². The Kier molecular flexibility index (Phi) is 5.89. The number of benzene rings is 1. The first-order valence-corrected chi connectivity index (χ1v) is 11.3. The number of hydrogen-bond acceptors (Lipinski definition) is 4. The molecule has 0 spiro atoms. The average Bonchev–Trinajstić information content (AvgIpc) is 3.02. The Morgan fingerprint density at radius 1 is 1.36 bits per heavy atom. The second kappa shape index (κ2) is 8.03. The molecule has 0 bridgehead atoms. The van der Waals surface area contributed by atoms with Crippen LogP contribution in [0, 0.1) is 11.6 Å². The summed E-state index contributed by atoms with van der Waals surface area (Å²) < 4.78 is 46.9. The lowest BCUT2D eigenvalue weighted by Gasteiger charge is -2.28. The monoisotopic (exact) mass is 412 g/mol. The van der Waals surface area contributed by atoms with Gasteiger partial charge in [0, 0.05) is 24.8 Å². The number of amides is 2. The van der Waals surface area contributed by atoms with Crippen LogP contribution in [-0.2, 0) is 14.1 Å². The molecule has 6 nitrogen and oxygen atoms in total. The van der Waals surface area contributed by atoms with Gasteiger partial charge in [0.1, 0.15) is 24.9 Å². The molecule has 1 atom stereocenters. The maximum atomic E-state index is 14.7. The lowest BCUT2D eigenvalue weighted by molar-refractivity contribution is -0.119. The van der Waals surface area contributed by atoms with Crippen molar-refractivity contribution in [1.82, 2.24) is 5.32 Å². The van der Waals surface area contributed by atoms with Crippen LogP contribution in [0.4, 0.5) is 19.3 Å². The molecule has 2 aliphatic rings. The number of nitrogens with zero attached hydrogens (tertiary/aromatic N) is 1. The van der Waals surface area contributed by atoms with E-state index in [9.17, 15) is 22.9 Å². The molecule has 1 N–H and O–H groups in total. The van der Waals surface area contributed by atoms with Crippen LogP contribution in [0.2, 0.25) is 0 Å². The molecule has 0 aliphatic carbocycles. The molecule has 2 aliphatic heterocycles. The number of anilines is 1. The highest BCUT2D eigenvalue weighted by atomic mass is 31.2. The fourth-order valence-corrected chi connectivity index (χ4v) is 5.78. The van der Waals surface area contributed by atoms with E-state index in [1.54, 1.807) is 0 Å². The molecule has 2 saturated heterocycles. The van der Waals surface area contributed by atoms with Crippen molar-refractivity contribution in [2.24, 2.45) is 0 Å². The number of halogens is 2. The van der Waals surface area contributed by atoms with Gasteiger partial charge in [-0.15, -0.1) is 0 Å². The molecule has 3 rings (SSSR count). The smallest absolute Gasteiger partial charge is 0.414 e. The van der Waals surface area contributed by atoms with Crippen molar-refractivity contribution in [3.63, 3.8) is 0 Å². The molecule has 0 saturated carbocycles. The lowest BCUT2D eigenvalue weighted by Crippen LogP contribution is -2.33. The Hall–Kier alpha value is -2.21. The fraction of sp³-hybridized carbons (Fsp3) is 0.474. The summed E-state index contributed by atoms with van der Waals surface area (Å²) in [6, 6.07) is 2.25. The maximum absolute atomic E-state index is 14.7. The molecule has 2 amide bonds. The SMILES string of the molecule is C=CP1(=O)CCC(c2c(F)cc(N3C[C@H](CNC(C)=O)OC3=O)cc2F)CC1. The van der Waals surface area contributed by atoms with Gasteiger partial charge in [-0.25, -0.2) is 13.6 Å². The van der Waals surface area contributed by atoms with Gasteiger partial charge in [-0.1, -0.05) is 6.58 Å². The second-order valence-corrected chi connectivity index (χ2v) is 10.4. The van der Waals surface area contributed by atoms with E-state index in [1.807, 2.05) is 0 Å². The van der Waals surface area contributed by atoms with Crippen LogP contribution in [-0.4, -0.2) is 43.5 Å². The normalized spacial score (nSPS) is 27.4. The predicted molar refractivity (Wildman–Crippen MR) is 102 cm³/mol. The minimum absolute atomic E-state index is 0.0265. The van der Waals surface area contributed by atoms with Gasteiger partial charge in [-0.3, -0.25) is 9.69 Å². The zero-order valence-corrected chi connectivity index (χ0v) is 16.5. The standard InChI is InChI=1S/C19H23F2N2O4P/c1-3-28(26)6-4-13(5-7-28)18-16(20)8-14(9-17(18)21)23-11-15(27-19(23)25)10-22-12(2)24/h3,8-9,13,15H,1,4-7,10-11H2,2H3,(H,22,24)/t13?,15-,28?/m0/s1. The van der Waals surface area contributed by atoms with E-state index in [0.717, 1.165) is 17.0 Å². The minimum Gasteiger partial charge on any atom is -0.442 e. The molecule has 0 radical (unpaired) electrons. The third kappa shape index (κ3) is 4.27. The molecule has 152 valence electrons. The lowest BCUT2D eigenvalue weighted by atomic mass is 9.92. The molecule has 1 aromatic carbocycles. The third-order valence-electron chi connectivity index (χ3n) is 5.28. The van der Waals surface area contributed by atoms with Crippen molar-refractivity contribution < 1.29 is 27.7 Å². The molecule has 0 unspecified atom stereocenters. The summed E-state index contributed by atoms with van der Waals surface area (Å²) in [5, 5.41) is 2.55. The van der Waals surface area contributed by atoms with Crippen LogP contribution in [0.1, 0.15) is 31.2 Å². The molecular weight excluding hydrogens is 389 g/mol. The van der Waals surface area contributed by atoms with Crippen molar-refractivity contribution in [2.45, 2.75) is 31.8 Å². The summed E-state index contributed by atoms with van der Waals surface area (Å²) in [5.74, 6) is -0.587. The van der Waals surface area contributed by atoms with Gasteiger partial charge in [0.25, 0.3) is 0 Å². The van der Waals surface area contributed by atoms with Crippen LogP contribution >= 0.6 is 7.14 Å². The highest BCUT2D eigenvalue weighted by Crippen LogP contribution is 2.54. The first-order chi connectivity index (χ1) is 13.2. The average molecular weight is 412 g/mol. The van der Waals surface area contributed by atoms with Gasteiger partial charge in [-0.2, -0.15) is 0 Å². The number of ether oxygens (including phenoxy) is 1. The van der Waals surface area contributed by atoms with E-state index in [-0.39, 0.29) is 36.2 Å². The van der Waals surface area contributed by atoms with Gasteiger partial charge in [-0.05, 0) is 36.7 Å². The molecular formula is C19H23F2N2O4P. The van der Waals surface area contributed by atoms with Crippen molar-refractivity contribution >= 4 is 24.8 Å². The second-order valence-electron chi connectivity index (χ2n) is 7.23. The first-order valence-electron chi connectivity index (χ1n) is 9.15. The molecule has 9 heteroatoms. The Labute approximate surface area is 162 Å². The van der Waals surface area contributed by atoms with Gasteiger partial charge in [0.15, 0.2) is 0 Å². The summed E-state index contributed by atoms with van der Waals surface area (Å²) in [6.07, 6.45) is 0.346. The first kappa shape index (κ1) is 20.5. The highest BCUT2D eigenvalue weighted by molar-refractivity contribution is 7.67. The quantitative estimate of drug-likeness (QED) is 0.747. The third-order valence-corrected chi connectivity index (χ3v) is 7.98. The van der Waals surface area contributed by atoms with E-state index in [0.29, 0.717) is 25.2 Å². The van der Waals surface area contributed by atoms with Crippen molar-refractivity contribution in [3.05, 3.63) is 41.7 Å². The number of hydrogen-bond donors (Lipinski definition) is 1. The van der Waals surface area contributed by atoms with E-state index in [2.05, 4.69) is 11.9 Å². The Morgan fingerprint density at radius 2 is 1.96 bits per heavy atom. The summed E-state index contributed by atoms with van der Waals surface area (Å²) in [4.78, 5) is 24.2.